The fraction of sp³-hybridized carbons (Fsp3) is 0.600. The van der Waals surface area contributed by atoms with Gasteiger partial charge in [0, 0.05) is 19.1 Å². The van der Waals surface area contributed by atoms with Crippen LogP contribution < -0.4 is 19.5 Å². The molecule has 0 saturated heterocycles. The molecular weight excluding hydrogens is 256 g/mol. The van der Waals surface area contributed by atoms with Crippen molar-refractivity contribution >= 4 is 0 Å². The molecule has 1 aromatic carbocycles. The first kappa shape index (κ1) is 14.9. The molecule has 2 rings (SSSR count). The molecule has 1 aliphatic heterocycles. The van der Waals surface area contributed by atoms with Gasteiger partial charge in [0.2, 0.25) is 5.75 Å². The molecule has 20 heavy (non-hydrogen) atoms. The minimum atomic E-state index is 0.495. The van der Waals surface area contributed by atoms with E-state index in [-0.39, 0.29) is 0 Å². The number of methoxy groups -OCH3 is 1. The van der Waals surface area contributed by atoms with Crippen LogP contribution in [-0.2, 0) is 6.54 Å². The molecule has 0 amide bonds. The second-order valence-electron chi connectivity index (χ2n) is 5.27. The minimum Gasteiger partial charge on any atom is -0.493 e. The standard InChI is InChI=1S/C15H24N2O3/c1-11(17(2)3)9-16-10-12-7-13(18-4)15-14(8-12)19-5-6-20-15/h7-8,11,16H,5-6,9-10H2,1-4H3. The summed E-state index contributed by atoms with van der Waals surface area (Å²) in [6.45, 7) is 5.07. The van der Waals surface area contributed by atoms with Crippen molar-refractivity contribution in [3.63, 3.8) is 0 Å². The van der Waals surface area contributed by atoms with Crippen LogP contribution in [0.3, 0.4) is 0 Å². The quantitative estimate of drug-likeness (QED) is 0.855. The van der Waals surface area contributed by atoms with Crippen LogP contribution in [0.15, 0.2) is 12.1 Å². The van der Waals surface area contributed by atoms with E-state index in [1.165, 1.54) is 0 Å². The van der Waals surface area contributed by atoms with Crippen molar-refractivity contribution in [2.75, 3.05) is 41.0 Å². The molecule has 1 N–H and O–H groups in total. The summed E-state index contributed by atoms with van der Waals surface area (Å²) in [6.07, 6.45) is 0. The van der Waals surface area contributed by atoms with Crippen LogP contribution in [0.25, 0.3) is 0 Å². The summed E-state index contributed by atoms with van der Waals surface area (Å²) >= 11 is 0. The lowest BCUT2D eigenvalue weighted by molar-refractivity contribution is 0.165. The molecule has 0 fully saturated rings. The predicted octanol–water partition coefficient (Wildman–Crippen LogP) is 1.51. The zero-order valence-corrected chi connectivity index (χ0v) is 12.7. The molecule has 1 aliphatic rings. The number of hydrogen-bond donors (Lipinski definition) is 1. The molecule has 0 spiro atoms. The van der Waals surface area contributed by atoms with Gasteiger partial charge in [-0.05, 0) is 38.7 Å². The van der Waals surface area contributed by atoms with E-state index < -0.39 is 0 Å². The number of fused-ring (bicyclic) bond motifs is 1. The number of benzene rings is 1. The largest absolute Gasteiger partial charge is 0.493 e. The van der Waals surface area contributed by atoms with Gasteiger partial charge >= 0.3 is 0 Å². The first-order valence-corrected chi connectivity index (χ1v) is 6.95. The van der Waals surface area contributed by atoms with Gasteiger partial charge in [0.15, 0.2) is 11.5 Å². The molecule has 0 radical (unpaired) electrons. The van der Waals surface area contributed by atoms with Gasteiger partial charge in [-0.2, -0.15) is 0 Å². The monoisotopic (exact) mass is 280 g/mol. The van der Waals surface area contributed by atoms with E-state index in [2.05, 4.69) is 31.2 Å². The highest BCUT2D eigenvalue weighted by Crippen LogP contribution is 2.40. The summed E-state index contributed by atoms with van der Waals surface area (Å²) in [4.78, 5) is 2.19. The van der Waals surface area contributed by atoms with Crippen LogP contribution in [-0.4, -0.2) is 51.9 Å². The Morgan fingerprint density at radius 2 is 2.05 bits per heavy atom. The van der Waals surface area contributed by atoms with E-state index >= 15 is 0 Å². The van der Waals surface area contributed by atoms with E-state index in [9.17, 15) is 0 Å². The second kappa shape index (κ2) is 6.81. The lowest BCUT2D eigenvalue weighted by Gasteiger charge is -2.22. The van der Waals surface area contributed by atoms with Crippen LogP contribution in [0.5, 0.6) is 17.2 Å². The first-order valence-electron chi connectivity index (χ1n) is 6.95. The van der Waals surface area contributed by atoms with Gasteiger partial charge in [-0.15, -0.1) is 0 Å². The Morgan fingerprint density at radius 1 is 1.30 bits per heavy atom. The summed E-state index contributed by atoms with van der Waals surface area (Å²) in [5.74, 6) is 2.22. The van der Waals surface area contributed by atoms with Crippen LogP contribution >= 0.6 is 0 Å². The Bertz CT molecular complexity index is 432. The smallest absolute Gasteiger partial charge is 0.203 e. The summed E-state index contributed by atoms with van der Waals surface area (Å²) in [5, 5.41) is 3.45. The number of hydrogen-bond acceptors (Lipinski definition) is 5. The van der Waals surface area contributed by atoms with Gasteiger partial charge in [-0.25, -0.2) is 0 Å². The lowest BCUT2D eigenvalue weighted by atomic mass is 10.1. The Hall–Kier alpha value is -1.46. The average molecular weight is 280 g/mol. The summed E-state index contributed by atoms with van der Waals surface area (Å²) in [7, 11) is 5.82. The van der Waals surface area contributed by atoms with Crippen molar-refractivity contribution in [3.8, 4) is 17.2 Å². The lowest BCUT2D eigenvalue weighted by Crippen LogP contribution is -2.35. The number of rotatable bonds is 6. The maximum absolute atomic E-state index is 5.63. The van der Waals surface area contributed by atoms with Crippen LogP contribution in [0.2, 0.25) is 0 Å². The molecule has 5 nitrogen and oxygen atoms in total. The average Bonchev–Trinajstić information content (AvgIpc) is 2.46. The molecular formula is C15H24N2O3. The molecule has 1 heterocycles. The SMILES string of the molecule is COc1cc(CNCC(C)N(C)C)cc2c1OCCO2. The zero-order chi connectivity index (χ0) is 14.5. The number of nitrogens with zero attached hydrogens (tertiary/aromatic N) is 1. The minimum absolute atomic E-state index is 0.495. The molecule has 1 aromatic rings. The first-order chi connectivity index (χ1) is 9.61. The Morgan fingerprint density at radius 3 is 2.75 bits per heavy atom. The summed E-state index contributed by atoms with van der Waals surface area (Å²) in [5.41, 5.74) is 1.14. The molecule has 0 bridgehead atoms. The van der Waals surface area contributed by atoms with E-state index in [0.717, 1.165) is 30.2 Å². The maximum Gasteiger partial charge on any atom is 0.203 e. The maximum atomic E-state index is 5.63. The topological polar surface area (TPSA) is 43.0 Å². The van der Waals surface area contributed by atoms with E-state index in [1.807, 2.05) is 12.1 Å². The fourth-order valence-corrected chi connectivity index (χ4v) is 2.04. The van der Waals surface area contributed by atoms with Crippen molar-refractivity contribution < 1.29 is 14.2 Å². The zero-order valence-electron chi connectivity index (χ0n) is 12.7. The second-order valence-corrected chi connectivity index (χ2v) is 5.27. The Balaban J connectivity index is 2.01. The highest BCUT2D eigenvalue weighted by Gasteiger charge is 2.18. The predicted molar refractivity (Wildman–Crippen MR) is 78.8 cm³/mol. The van der Waals surface area contributed by atoms with Gasteiger partial charge in [0.1, 0.15) is 13.2 Å². The van der Waals surface area contributed by atoms with Crippen molar-refractivity contribution in [2.24, 2.45) is 0 Å². The van der Waals surface area contributed by atoms with Gasteiger partial charge in [-0.1, -0.05) is 0 Å². The summed E-state index contributed by atoms with van der Waals surface area (Å²) in [6, 6.07) is 4.51. The third-order valence-corrected chi connectivity index (χ3v) is 3.54. The molecule has 1 unspecified atom stereocenters. The Kier molecular flexibility index (Phi) is 5.09. The number of nitrogens with one attached hydrogen (secondary N) is 1. The van der Waals surface area contributed by atoms with Gasteiger partial charge in [-0.3, -0.25) is 0 Å². The fourth-order valence-electron chi connectivity index (χ4n) is 2.04. The van der Waals surface area contributed by atoms with Gasteiger partial charge < -0.3 is 24.4 Å². The molecule has 1 atom stereocenters. The van der Waals surface area contributed by atoms with Crippen LogP contribution in [0, 0.1) is 0 Å². The van der Waals surface area contributed by atoms with Crippen LogP contribution in [0.1, 0.15) is 12.5 Å². The highest BCUT2D eigenvalue weighted by molar-refractivity contribution is 5.54. The Labute approximate surface area is 120 Å². The van der Waals surface area contributed by atoms with Crippen LogP contribution in [0.4, 0.5) is 0 Å². The third kappa shape index (κ3) is 3.55. The van der Waals surface area contributed by atoms with E-state index in [1.54, 1.807) is 7.11 Å². The van der Waals surface area contributed by atoms with E-state index in [4.69, 9.17) is 14.2 Å². The van der Waals surface area contributed by atoms with Crippen molar-refractivity contribution in [1.29, 1.82) is 0 Å². The summed E-state index contributed by atoms with van der Waals surface area (Å²) < 4.78 is 16.6. The molecule has 0 aromatic heterocycles. The third-order valence-electron chi connectivity index (χ3n) is 3.54. The van der Waals surface area contributed by atoms with Crippen molar-refractivity contribution in [3.05, 3.63) is 17.7 Å². The number of ether oxygens (including phenoxy) is 3. The van der Waals surface area contributed by atoms with Gasteiger partial charge in [0.25, 0.3) is 0 Å². The van der Waals surface area contributed by atoms with E-state index in [0.29, 0.717) is 25.0 Å². The molecule has 5 heteroatoms. The van der Waals surface area contributed by atoms with Crippen molar-refractivity contribution in [2.45, 2.75) is 19.5 Å². The molecule has 0 saturated carbocycles. The highest BCUT2D eigenvalue weighted by atomic mass is 16.6. The molecule has 112 valence electrons. The van der Waals surface area contributed by atoms with Gasteiger partial charge in [0.05, 0.1) is 7.11 Å². The number of likely N-dealkylation sites (N-methyl/N-ethyl adjacent to an activating group) is 1. The normalized spacial score (nSPS) is 15.2. The van der Waals surface area contributed by atoms with Crippen molar-refractivity contribution in [1.82, 2.24) is 10.2 Å². The molecule has 0 aliphatic carbocycles.